The summed E-state index contributed by atoms with van der Waals surface area (Å²) in [6.07, 6.45) is 3.76. The Hall–Kier alpha value is -1.96. The van der Waals surface area contributed by atoms with E-state index in [2.05, 4.69) is 31.1 Å². The molecule has 0 saturated carbocycles. The number of hydrogen-bond acceptors (Lipinski definition) is 3. The zero-order chi connectivity index (χ0) is 17.0. The molecule has 23 heavy (non-hydrogen) atoms. The quantitative estimate of drug-likeness (QED) is 0.809. The molecule has 0 aliphatic rings. The minimum Gasteiger partial charge on any atom is -0.433 e. The number of benzene rings is 1. The number of carbonyl (C=O) groups is 1. The molecule has 1 heterocycles. The third-order valence-corrected chi connectivity index (χ3v) is 3.60. The van der Waals surface area contributed by atoms with Gasteiger partial charge >= 0.3 is 6.61 Å². The zero-order valence-corrected chi connectivity index (χ0v) is 14.2. The fourth-order valence-electron chi connectivity index (χ4n) is 2.13. The smallest absolute Gasteiger partial charge is 0.387 e. The Kier molecular flexibility index (Phi) is 5.70. The van der Waals surface area contributed by atoms with Crippen LogP contribution in [-0.4, -0.2) is 22.3 Å². The van der Waals surface area contributed by atoms with Gasteiger partial charge in [-0.2, -0.15) is 13.9 Å². The lowest BCUT2D eigenvalue weighted by Gasteiger charge is -2.17. The largest absolute Gasteiger partial charge is 0.433 e. The van der Waals surface area contributed by atoms with Gasteiger partial charge in [0.2, 0.25) is 5.91 Å². The Morgan fingerprint density at radius 2 is 2.22 bits per heavy atom. The van der Waals surface area contributed by atoms with Crippen LogP contribution in [0, 0.1) is 6.92 Å². The number of carbonyl (C=O) groups excluding carboxylic acids is 1. The third-order valence-electron chi connectivity index (χ3n) is 3.19. The van der Waals surface area contributed by atoms with Gasteiger partial charge in [0.05, 0.1) is 16.4 Å². The van der Waals surface area contributed by atoms with E-state index in [4.69, 9.17) is 0 Å². The highest BCUT2D eigenvalue weighted by Crippen LogP contribution is 2.28. The number of hydrogen-bond donors (Lipinski definition) is 1. The van der Waals surface area contributed by atoms with E-state index in [1.807, 2.05) is 6.92 Å². The maximum atomic E-state index is 12.5. The predicted octanol–water partition coefficient (Wildman–Crippen LogP) is 4.15. The van der Waals surface area contributed by atoms with Crippen molar-refractivity contribution in [1.29, 1.82) is 0 Å². The highest BCUT2D eigenvalue weighted by molar-refractivity contribution is 9.10. The van der Waals surface area contributed by atoms with Crippen LogP contribution in [0.4, 0.5) is 14.5 Å². The van der Waals surface area contributed by atoms with E-state index in [9.17, 15) is 13.6 Å². The number of amides is 1. The molecule has 1 aromatic heterocycles. The first-order valence-corrected chi connectivity index (χ1v) is 7.76. The standard InChI is InChI=1S/C15H16BrF2N3O2/c1-3-12(21-8-10(16)7-19-21)14(22)20-11-6-9(2)4-5-13(11)23-15(17)18/h4-8,12,15H,3H2,1-2H3,(H,20,22). The van der Waals surface area contributed by atoms with Gasteiger partial charge in [-0.1, -0.05) is 13.0 Å². The van der Waals surface area contributed by atoms with Crippen molar-refractivity contribution < 1.29 is 18.3 Å². The molecule has 0 fully saturated rings. The lowest BCUT2D eigenvalue weighted by Crippen LogP contribution is -2.26. The van der Waals surface area contributed by atoms with Gasteiger partial charge in [-0.05, 0) is 47.0 Å². The number of ether oxygens (including phenoxy) is 1. The molecule has 0 spiro atoms. The summed E-state index contributed by atoms with van der Waals surface area (Å²) in [6.45, 7) is 0.675. The summed E-state index contributed by atoms with van der Waals surface area (Å²) in [4.78, 5) is 12.5. The molecule has 0 bridgehead atoms. The average Bonchev–Trinajstić information content (AvgIpc) is 2.88. The summed E-state index contributed by atoms with van der Waals surface area (Å²) in [5.74, 6) is -0.428. The van der Waals surface area contributed by atoms with Gasteiger partial charge in [-0.25, -0.2) is 0 Å². The van der Waals surface area contributed by atoms with E-state index in [-0.39, 0.29) is 17.3 Å². The molecule has 1 unspecified atom stereocenters. The van der Waals surface area contributed by atoms with E-state index < -0.39 is 12.7 Å². The minimum atomic E-state index is -2.96. The summed E-state index contributed by atoms with van der Waals surface area (Å²) in [5, 5.41) is 6.74. The molecule has 2 rings (SSSR count). The van der Waals surface area contributed by atoms with Crippen LogP contribution in [0.25, 0.3) is 0 Å². The Morgan fingerprint density at radius 1 is 1.48 bits per heavy atom. The number of aryl methyl sites for hydroxylation is 1. The first-order chi connectivity index (χ1) is 10.9. The third kappa shape index (κ3) is 4.51. The molecule has 8 heteroatoms. The lowest BCUT2D eigenvalue weighted by molar-refractivity contribution is -0.119. The van der Waals surface area contributed by atoms with Crippen molar-refractivity contribution in [2.24, 2.45) is 0 Å². The number of nitrogens with one attached hydrogen (secondary N) is 1. The second-order valence-electron chi connectivity index (χ2n) is 4.93. The number of anilines is 1. The summed E-state index contributed by atoms with van der Waals surface area (Å²) >= 11 is 3.28. The van der Waals surface area contributed by atoms with Gasteiger partial charge < -0.3 is 10.1 Å². The Balaban J connectivity index is 2.23. The van der Waals surface area contributed by atoms with Crippen LogP contribution in [0.2, 0.25) is 0 Å². The molecule has 1 N–H and O–H groups in total. The molecule has 0 aliphatic heterocycles. The first-order valence-electron chi connectivity index (χ1n) is 6.96. The molecule has 0 radical (unpaired) electrons. The second kappa shape index (κ2) is 7.54. The van der Waals surface area contributed by atoms with Gasteiger partial charge in [0, 0.05) is 6.20 Å². The van der Waals surface area contributed by atoms with E-state index >= 15 is 0 Å². The summed E-state index contributed by atoms with van der Waals surface area (Å²) in [6, 6.07) is 4.07. The molecule has 5 nitrogen and oxygen atoms in total. The number of nitrogens with zero attached hydrogens (tertiary/aromatic N) is 2. The van der Waals surface area contributed by atoms with Crippen LogP contribution in [0.3, 0.4) is 0 Å². The summed E-state index contributed by atoms with van der Waals surface area (Å²) in [7, 11) is 0. The minimum absolute atomic E-state index is 0.0737. The van der Waals surface area contributed by atoms with Crippen molar-refractivity contribution in [2.75, 3.05) is 5.32 Å². The number of rotatable bonds is 6. The molecule has 0 aliphatic carbocycles. The zero-order valence-electron chi connectivity index (χ0n) is 12.6. The topological polar surface area (TPSA) is 56.1 Å². The summed E-state index contributed by atoms with van der Waals surface area (Å²) < 4.78 is 31.7. The maximum absolute atomic E-state index is 12.5. The Morgan fingerprint density at radius 3 is 2.78 bits per heavy atom. The first kappa shape index (κ1) is 17.4. The van der Waals surface area contributed by atoms with Crippen molar-refractivity contribution in [2.45, 2.75) is 32.9 Å². The molecular formula is C15H16BrF2N3O2. The van der Waals surface area contributed by atoms with Gasteiger partial charge in [0.1, 0.15) is 11.8 Å². The highest BCUT2D eigenvalue weighted by atomic mass is 79.9. The second-order valence-corrected chi connectivity index (χ2v) is 5.85. The molecule has 1 amide bonds. The van der Waals surface area contributed by atoms with Gasteiger partial charge in [-0.3, -0.25) is 9.48 Å². The normalized spacial score (nSPS) is 12.3. The number of halogens is 3. The molecule has 1 aromatic carbocycles. The number of aromatic nitrogens is 2. The van der Waals surface area contributed by atoms with E-state index in [0.29, 0.717) is 6.42 Å². The lowest BCUT2D eigenvalue weighted by atomic mass is 10.1. The molecule has 0 saturated heterocycles. The van der Waals surface area contributed by atoms with Crippen molar-refractivity contribution >= 4 is 27.5 Å². The predicted molar refractivity (Wildman–Crippen MR) is 85.7 cm³/mol. The average molecular weight is 388 g/mol. The van der Waals surface area contributed by atoms with Crippen LogP contribution in [-0.2, 0) is 4.79 Å². The van der Waals surface area contributed by atoms with E-state index in [0.717, 1.165) is 10.0 Å². The molecule has 2 aromatic rings. The van der Waals surface area contributed by atoms with Crippen molar-refractivity contribution in [3.05, 3.63) is 40.6 Å². The molecular weight excluding hydrogens is 372 g/mol. The van der Waals surface area contributed by atoms with Crippen molar-refractivity contribution in [3.8, 4) is 5.75 Å². The molecule has 124 valence electrons. The summed E-state index contributed by atoms with van der Waals surface area (Å²) in [5.41, 5.74) is 1.02. The van der Waals surface area contributed by atoms with E-state index in [1.165, 1.54) is 10.7 Å². The van der Waals surface area contributed by atoms with E-state index in [1.54, 1.807) is 31.5 Å². The van der Waals surface area contributed by atoms with Crippen molar-refractivity contribution in [3.63, 3.8) is 0 Å². The highest BCUT2D eigenvalue weighted by Gasteiger charge is 2.21. The molecule has 1 atom stereocenters. The maximum Gasteiger partial charge on any atom is 0.387 e. The number of alkyl halides is 2. The van der Waals surface area contributed by atoms with Crippen LogP contribution < -0.4 is 10.1 Å². The van der Waals surface area contributed by atoms with Gasteiger partial charge in [0.15, 0.2) is 0 Å². The van der Waals surface area contributed by atoms with Gasteiger partial charge in [-0.15, -0.1) is 0 Å². The van der Waals surface area contributed by atoms with Crippen LogP contribution in [0.15, 0.2) is 35.1 Å². The van der Waals surface area contributed by atoms with Gasteiger partial charge in [0.25, 0.3) is 0 Å². The Bertz CT molecular complexity index is 691. The monoisotopic (exact) mass is 387 g/mol. The van der Waals surface area contributed by atoms with Crippen LogP contribution >= 0.6 is 15.9 Å². The Labute approximate surface area is 140 Å². The fourth-order valence-corrected chi connectivity index (χ4v) is 2.44. The fraction of sp³-hybridized carbons (Fsp3) is 0.333. The SMILES string of the molecule is CCC(C(=O)Nc1cc(C)ccc1OC(F)F)n1cc(Br)cn1. The van der Waals surface area contributed by atoms with Crippen LogP contribution in [0.1, 0.15) is 24.9 Å². The van der Waals surface area contributed by atoms with Crippen molar-refractivity contribution in [1.82, 2.24) is 9.78 Å². The van der Waals surface area contributed by atoms with Crippen LogP contribution in [0.5, 0.6) is 5.75 Å².